The lowest BCUT2D eigenvalue weighted by Gasteiger charge is -2.10. The van der Waals surface area contributed by atoms with Gasteiger partial charge in [0.05, 0.1) is 24.1 Å². The van der Waals surface area contributed by atoms with Crippen LogP contribution in [0, 0.1) is 0 Å². The molecule has 0 fully saturated rings. The Morgan fingerprint density at radius 3 is 2.87 bits per heavy atom. The van der Waals surface area contributed by atoms with Gasteiger partial charge in [0.2, 0.25) is 5.91 Å². The van der Waals surface area contributed by atoms with Crippen LogP contribution >= 0.6 is 23.4 Å². The first kappa shape index (κ1) is 17.1. The number of anilines is 1. The van der Waals surface area contributed by atoms with Crippen LogP contribution in [0.25, 0.3) is 0 Å². The number of nitrogens with zero attached hydrogens (tertiary/aromatic N) is 1. The largest absolute Gasteiger partial charge is 0.495 e. The Hall–Kier alpha value is -2.25. The number of aromatic carboxylic acids is 1. The lowest BCUT2D eigenvalue weighted by atomic mass is 10.3. The van der Waals surface area contributed by atoms with E-state index in [4.69, 9.17) is 21.4 Å². The van der Waals surface area contributed by atoms with Crippen molar-refractivity contribution in [1.29, 1.82) is 0 Å². The number of carboxylic acid groups (broad SMARTS) is 1. The van der Waals surface area contributed by atoms with Gasteiger partial charge >= 0.3 is 5.97 Å². The monoisotopic (exact) mass is 352 g/mol. The minimum absolute atomic E-state index is 0.00691. The minimum atomic E-state index is -1.09. The van der Waals surface area contributed by atoms with E-state index in [1.165, 1.54) is 25.4 Å². The van der Waals surface area contributed by atoms with Crippen LogP contribution in [0.3, 0.4) is 0 Å². The van der Waals surface area contributed by atoms with Gasteiger partial charge in [0.15, 0.2) is 0 Å². The van der Waals surface area contributed by atoms with Gasteiger partial charge in [-0.1, -0.05) is 23.4 Å². The van der Waals surface area contributed by atoms with Crippen molar-refractivity contribution in [3.05, 3.63) is 47.1 Å². The molecule has 6 nitrogen and oxygen atoms in total. The summed E-state index contributed by atoms with van der Waals surface area (Å²) in [5, 5.41) is 12.5. The Morgan fingerprint density at radius 1 is 1.39 bits per heavy atom. The second kappa shape index (κ2) is 7.85. The molecule has 0 saturated carbocycles. The molecule has 0 saturated heterocycles. The molecule has 23 heavy (non-hydrogen) atoms. The van der Waals surface area contributed by atoms with E-state index in [1.54, 1.807) is 18.2 Å². The lowest BCUT2D eigenvalue weighted by Crippen LogP contribution is -2.15. The molecule has 0 spiro atoms. The molecule has 2 aromatic rings. The highest BCUT2D eigenvalue weighted by Gasteiger charge is 2.14. The number of methoxy groups -OCH3 is 1. The van der Waals surface area contributed by atoms with Crippen LogP contribution in [-0.4, -0.2) is 34.8 Å². The Bertz CT molecular complexity index is 739. The van der Waals surface area contributed by atoms with Crippen LogP contribution in [0.15, 0.2) is 41.6 Å². The van der Waals surface area contributed by atoms with E-state index in [0.717, 1.165) is 11.8 Å². The zero-order chi connectivity index (χ0) is 16.8. The molecule has 0 aliphatic carbocycles. The molecule has 0 aliphatic heterocycles. The second-order valence-corrected chi connectivity index (χ2v) is 5.74. The fourth-order valence-corrected chi connectivity index (χ4v) is 2.73. The van der Waals surface area contributed by atoms with Crippen LogP contribution in [0.4, 0.5) is 5.69 Å². The molecule has 8 heteroatoms. The molecule has 0 radical (unpaired) electrons. The number of aromatic nitrogens is 1. The molecule has 1 heterocycles. The standard InChI is InChI=1S/C15H13ClN2O4S/c1-22-12-5-4-9(16)7-11(12)18-13(19)8-23-14-10(15(20)21)3-2-6-17-14/h2-7H,8H2,1H3,(H,18,19)(H,20,21). The SMILES string of the molecule is COc1ccc(Cl)cc1NC(=O)CSc1ncccc1C(=O)O. The van der Waals surface area contributed by atoms with Gasteiger partial charge in [-0.25, -0.2) is 9.78 Å². The van der Waals surface area contributed by atoms with Crippen molar-refractivity contribution in [2.75, 3.05) is 18.2 Å². The molecule has 0 unspecified atom stereocenters. The van der Waals surface area contributed by atoms with Crippen molar-refractivity contribution in [2.45, 2.75) is 5.03 Å². The summed E-state index contributed by atoms with van der Waals surface area (Å²) in [5.74, 6) is -0.917. The van der Waals surface area contributed by atoms with Gasteiger partial charge in [-0.15, -0.1) is 0 Å². The van der Waals surface area contributed by atoms with E-state index < -0.39 is 5.97 Å². The predicted molar refractivity (Wildman–Crippen MR) is 88.6 cm³/mol. The number of pyridine rings is 1. The maximum atomic E-state index is 12.0. The van der Waals surface area contributed by atoms with E-state index in [9.17, 15) is 9.59 Å². The van der Waals surface area contributed by atoms with E-state index in [2.05, 4.69) is 10.3 Å². The minimum Gasteiger partial charge on any atom is -0.495 e. The molecule has 120 valence electrons. The van der Waals surface area contributed by atoms with Crippen LogP contribution < -0.4 is 10.1 Å². The molecular formula is C15H13ClN2O4S. The second-order valence-electron chi connectivity index (χ2n) is 4.34. The Morgan fingerprint density at radius 2 is 2.17 bits per heavy atom. The van der Waals surface area contributed by atoms with E-state index >= 15 is 0 Å². The summed E-state index contributed by atoms with van der Waals surface area (Å²) < 4.78 is 5.14. The zero-order valence-electron chi connectivity index (χ0n) is 12.1. The molecule has 0 atom stereocenters. The number of thioether (sulfide) groups is 1. The van der Waals surface area contributed by atoms with Crippen molar-refractivity contribution in [3.63, 3.8) is 0 Å². The van der Waals surface area contributed by atoms with Gasteiger partial charge in [-0.05, 0) is 30.3 Å². The Balaban J connectivity index is 2.04. The fraction of sp³-hybridized carbons (Fsp3) is 0.133. The summed E-state index contributed by atoms with van der Waals surface area (Å²) in [6.45, 7) is 0. The zero-order valence-corrected chi connectivity index (χ0v) is 13.6. The summed E-state index contributed by atoms with van der Waals surface area (Å²) in [6, 6.07) is 7.84. The topological polar surface area (TPSA) is 88.5 Å². The van der Waals surface area contributed by atoms with Crippen molar-refractivity contribution in [3.8, 4) is 5.75 Å². The number of amides is 1. The molecule has 0 bridgehead atoms. The van der Waals surface area contributed by atoms with Gasteiger partial charge < -0.3 is 15.2 Å². The molecule has 1 amide bonds. The number of benzene rings is 1. The number of carbonyl (C=O) groups excluding carboxylic acids is 1. The molecule has 2 rings (SSSR count). The lowest BCUT2D eigenvalue weighted by molar-refractivity contribution is -0.113. The Kier molecular flexibility index (Phi) is 5.84. The van der Waals surface area contributed by atoms with Gasteiger partial charge in [0.1, 0.15) is 10.8 Å². The van der Waals surface area contributed by atoms with E-state index in [0.29, 0.717) is 16.5 Å². The summed E-state index contributed by atoms with van der Waals surface area (Å²) >= 11 is 6.94. The van der Waals surface area contributed by atoms with E-state index in [1.807, 2.05) is 0 Å². The van der Waals surface area contributed by atoms with Crippen molar-refractivity contribution in [2.24, 2.45) is 0 Å². The van der Waals surface area contributed by atoms with Crippen LogP contribution in [-0.2, 0) is 4.79 Å². The Labute approximate surface area is 141 Å². The maximum Gasteiger partial charge on any atom is 0.338 e. The highest BCUT2D eigenvalue weighted by atomic mass is 35.5. The van der Waals surface area contributed by atoms with Gasteiger partial charge in [0.25, 0.3) is 0 Å². The first-order valence-corrected chi connectivity index (χ1v) is 7.82. The predicted octanol–water partition coefficient (Wildman–Crippen LogP) is 3.17. The van der Waals surface area contributed by atoms with Crippen LogP contribution in [0.2, 0.25) is 5.02 Å². The average Bonchev–Trinajstić information content (AvgIpc) is 2.53. The average molecular weight is 353 g/mol. The summed E-state index contributed by atoms with van der Waals surface area (Å²) in [6.07, 6.45) is 1.48. The quantitative estimate of drug-likeness (QED) is 0.776. The highest BCUT2D eigenvalue weighted by molar-refractivity contribution is 8.00. The smallest absolute Gasteiger partial charge is 0.338 e. The van der Waals surface area contributed by atoms with E-state index in [-0.39, 0.29) is 22.2 Å². The summed E-state index contributed by atoms with van der Waals surface area (Å²) in [4.78, 5) is 27.1. The number of ether oxygens (including phenoxy) is 1. The highest BCUT2D eigenvalue weighted by Crippen LogP contribution is 2.28. The maximum absolute atomic E-state index is 12.0. The third-order valence-corrected chi connectivity index (χ3v) is 4.02. The van der Waals surface area contributed by atoms with Crippen molar-refractivity contribution >= 4 is 40.9 Å². The first-order valence-electron chi connectivity index (χ1n) is 6.45. The molecule has 2 N–H and O–H groups in total. The van der Waals surface area contributed by atoms with Crippen molar-refractivity contribution in [1.82, 2.24) is 4.98 Å². The van der Waals surface area contributed by atoms with Gasteiger partial charge in [0, 0.05) is 11.2 Å². The third-order valence-electron chi connectivity index (χ3n) is 2.78. The first-order chi connectivity index (χ1) is 11.0. The van der Waals surface area contributed by atoms with Crippen LogP contribution in [0.5, 0.6) is 5.75 Å². The summed E-state index contributed by atoms with van der Waals surface area (Å²) in [7, 11) is 1.49. The number of halogens is 1. The van der Waals surface area contributed by atoms with Crippen LogP contribution in [0.1, 0.15) is 10.4 Å². The summed E-state index contributed by atoms with van der Waals surface area (Å²) in [5.41, 5.74) is 0.510. The van der Waals surface area contributed by atoms with Gasteiger partial charge in [-0.2, -0.15) is 0 Å². The molecule has 1 aromatic carbocycles. The van der Waals surface area contributed by atoms with Crippen molar-refractivity contribution < 1.29 is 19.4 Å². The molecular weight excluding hydrogens is 340 g/mol. The third kappa shape index (κ3) is 4.61. The normalized spacial score (nSPS) is 10.2. The number of hydrogen-bond donors (Lipinski definition) is 2. The fourth-order valence-electron chi connectivity index (χ4n) is 1.77. The number of carboxylic acids is 1. The number of carbonyl (C=O) groups is 2. The number of nitrogens with one attached hydrogen (secondary N) is 1. The molecule has 1 aromatic heterocycles. The molecule has 0 aliphatic rings. The number of rotatable bonds is 6. The van der Waals surface area contributed by atoms with Gasteiger partial charge in [-0.3, -0.25) is 4.79 Å². The number of hydrogen-bond acceptors (Lipinski definition) is 5.